The second kappa shape index (κ2) is 2.51. The normalized spacial score (nSPS) is 17.9. The lowest BCUT2D eigenvalue weighted by molar-refractivity contribution is 1.36. The molecule has 2 aromatic rings. The summed E-state index contributed by atoms with van der Waals surface area (Å²) in [5.74, 6) is 0. The average molecular weight is 170 g/mol. The summed E-state index contributed by atoms with van der Waals surface area (Å²) in [7, 11) is 0. The average Bonchev–Trinajstić information content (AvgIpc) is 2.28. The van der Waals surface area contributed by atoms with Crippen LogP contribution in [0.4, 0.5) is 0 Å². The zero-order valence-electron chi connectivity index (χ0n) is 11.3. The monoisotopic (exact) mass is 169 g/mol. The van der Waals surface area contributed by atoms with E-state index in [0.29, 0.717) is 0 Å². The van der Waals surface area contributed by atoms with Gasteiger partial charge in [0.15, 0.2) is 0 Å². The fraction of sp³-hybridized carbons (Fsp3) is 0. The van der Waals surface area contributed by atoms with Gasteiger partial charge in [-0.05, 0) is 11.4 Å². The van der Waals surface area contributed by atoms with Gasteiger partial charge in [0, 0.05) is 11.6 Å². The quantitative estimate of drug-likeness (QED) is 0.553. The van der Waals surface area contributed by atoms with Gasteiger partial charge in [0.05, 0.1) is 8.22 Å². The second-order valence-electron chi connectivity index (χ2n) is 1.89. The minimum Gasteiger partial charge on any atom is -0.244 e. The molecule has 0 amide bonds. The van der Waals surface area contributed by atoms with Crippen molar-refractivity contribution in [2.75, 3.05) is 0 Å². The molecule has 0 saturated heterocycles. The van der Waals surface area contributed by atoms with Gasteiger partial charge in [0.2, 0.25) is 0 Å². The fourth-order valence-electron chi connectivity index (χ4n) is 0.750. The van der Waals surface area contributed by atoms with Gasteiger partial charge in [-0.1, -0.05) is 35.8 Å². The molecule has 1 aromatic carbocycles. The lowest BCUT2D eigenvalue weighted by atomic mass is 10.2. The maximum Gasteiger partial charge on any atom is 0.136 e. The summed E-state index contributed by atoms with van der Waals surface area (Å²) < 4.78 is 45.4. The summed E-state index contributed by atoms with van der Waals surface area (Å²) in [6.07, 6.45) is -0.410. The molecule has 2 heteroatoms. The Kier molecular flexibility index (Phi) is 0.630. The van der Waals surface area contributed by atoms with Crippen LogP contribution >= 0.6 is 11.6 Å². The van der Waals surface area contributed by atoms with E-state index in [2.05, 4.69) is 4.98 Å². The van der Waals surface area contributed by atoms with E-state index in [0.717, 1.165) is 0 Å². The van der Waals surface area contributed by atoms with Crippen LogP contribution in [0.15, 0.2) is 36.4 Å². The van der Waals surface area contributed by atoms with Gasteiger partial charge in [-0.3, -0.25) is 0 Å². The Morgan fingerprint density at radius 1 is 1.27 bits per heavy atom. The van der Waals surface area contributed by atoms with Gasteiger partial charge in [0.25, 0.3) is 0 Å². The van der Waals surface area contributed by atoms with Crippen molar-refractivity contribution in [3.8, 4) is 0 Å². The number of halogens is 1. The minimum absolute atomic E-state index is 0.0151. The number of rotatable bonds is 0. The summed E-state index contributed by atoms with van der Waals surface area (Å²) in [5, 5.41) is -0.271. The smallest absolute Gasteiger partial charge is 0.136 e. The summed E-state index contributed by atoms with van der Waals surface area (Å²) in [6.45, 7) is 0. The van der Waals surface area contributed by atoms with E-state index in [1.54, 1.807) is 0 Å². The summed E-state index contributed by atoms with van der Waals surface area (Å²) in [4.78, 5) is 3.57. The van der Waals surface area contributed by atoms with Crippen LogP contribution < -0.4 is 0 Å². The molecule has 0 aliphatic rings. The van der Waals surface area contributed by atoms with E-state index >= 15 is 0 Å². The second-order valence-corrected chi connectivity index (χ2v) is 2.25. The molecule has 0 radical (unpaired) electrons. The molecular weight excluding hydrogens is 158 g/mol. The summed E-state index contributed by atoms with van der Waals surface area (Å²) in [5.41, 5.74) is 0. The summed E-state index contributed by atoms with van der Waals surface area (Å²) >= 11 is 5.77. The predicted molar refractivity (Wildman–Crippen MR) is 46.8 cm³/mol. The van der Waals surface area contributed by atoms with Crippen LogP contribution in [0.3, 0.4) is 0 Å². The third-order valence-electron chi connectivity index (χ3n) is 1.23. The van der Waals surface area contributed by atoms with Crippen LogP contribution in [0.25, 0.3) is 10.8 Å². The van der Waals surface area contributed by atoms with Crippen LogP contribution in [-0.2, 0) is 0 Å². The zero-order chi connectivity index (χ0) is 12.9. The third kappa shape index (κ3) is 1.08. The highest BCUT2D eigenvalue weighted by Crippen LogP contribution is 2.19. The minimum atomic E-state index is -0.447. The molecule has 0 unspecified atom stereocenters. The van der Waals surface area contributed by atoms with Crippen molar-refractivity contribution in [2.45, 2.75) is 0 Å². The molecule has 1 heterocycles. The van der Waals surface area contributed by atoms with Crippen LogP contribution in [0.5, 0.6) is 0 Å². The topological polar surface area (TPSA) is 12.9 Å². The van der Waals surface area contributed by atoms with Crippen LogP contribution in [0, 0.1) is 0 Å². The van der Waals surface area contributed by atoms with Gasteiger partial charge in [-0.2, -0.15) is 0 Å². The van der Waals surface area contributed by atoms with Crippen molar-refractivity contribution in [3.05, 3.63) is 41.5 Å². The van der Waals surface area contributed by atoms with Gasteiger partial charge in [-0.25, -0.2) is 4.98 Å². The van der Waals surface area contributed by atoms with Gasteiger partial charge < -0.3 is 0 Å². The Balaban J connectivity index is 3.17. The van der Waals surface area contributed by atoms with Crippen molar-refractivity contribution in [2.24, 2.45) is 0 Å². The Morgan fingerprint density at radius 2 is 2.09 bits per heavy atom. The van der Waals surface area contributed by atoms with Crippen LogP contribution in [0.2, 0.25) is 5.15 Å². The molecule has 1 aromatic heterocycles. The van der Waals surface area contributed by atoms with Crippen molar-refractivity contribution < 1.29 is 8.22 Å². The molecule has 0 aliphatic carbocycles. The van der Waals surface area contributed by atoms with Crippen molar-refractivity contribution >= 4 is 22.4 Å². The maximum absolute atomic E-state index is 7.68. The number of fused-ring (bicyclic) bond motifs is 1. The Hall–Kier alpha value is -1.08. The molecule has 1 nitrogen and oxygen atoms in total. The van der Waals surface area contributed by atoms with Crippen LogP contribution in [-0.4, -0.2) is 4.98 Å². The molecule has 0 aliphatic heterocycles. The maximum atomic E-state index is 7.68. The molecule has 0 spiro atoms. The van der Waals surface area contributed by atoms with E-state index < -0.39 is 18.3 Å². The number of hydrogen-bond donors (Lipinski definition) is 0. The molecule has 0 N–H and O–H groups in total. The predicted octanol–water partition coefficient (Wildman–Crippen LogP) is 2.89. The first kappa shape index (κ1) is 2.76. The molecule has 0 saturated carbocycles. The highest BCUT2D eigenvalue weighted by atomic mass is 35.5. The van der Waals surface area contributed by atoms with Crippen LogP contribution in [0.1, 0.15) is 8.22 Å². The van der Waals surface area contributed by atoms with E-state index in [9.17, 15) is 0 Å². The largest absolute Gasteiger partial charge is 0.244 e. The van der Waals surface area contributed by atoms with E-state index in [4.69, 9.17) is 19.8 Å². The Labute approximate surface area is 78.1 Å². The van der Waals surface area contributed by atoms with E-state index in [1.165, 1.54) is 0 Å². The number of aromatic nitrogens is 1. The van der Waals surface area contributed by atoms with Gasteiger partial charge in [-0.15, -0.1) is 0 Å². The zero-order valence-corrected chi connectivity index (χ0v) is 6.08. The van der Waals surface area contributed by atoms with E-state index in [1.807, 2.05) is 0 Å². The van der Waals surface area contributed by atoms with Crippen molar-refractivity contribution in [3.63, 3.8) is 0 Å². The van der Waals surface area contributed by atoms with Gasteiger partial charge >= 0.3 is 0 Å². The number of pyridine rings is 1. The Morgan fingerprint density at radius 3 is 3.00 bits per heavy atom. The SMILES string of the molecule is [2H]c1nc(Cl)c2c([2H])c([2H])c([2H])c([2H])c2c1[2H]. The highest BCUT2D eigenvalue weighted by Gasteiger charge is 1.95. The first-order chi connectivity index (χ1) is 7.86. The molecule has 0 bridgehead atoms. The van der Waals surface area contributed by atoms with Crippen molar-refractivity contribution in [1.82, 2.24) is 4.98 Å². The van der Waals surface area contributed by atoms with E-state index in [-0.39, 0.29) is 34.1 Å². The molecule has 0 fully saturated rings. The highest BCUT2D eigenvalue weighted by molar-refractivity contribution is 6.34. The van der Waals surface area contributed by atoms with Crippen molar-refractivity contribution in [1.29, 1.82) is 0 Å². The molecule has 2 rings (SSSR count). The lowest BCUT2D eigenvalue weighted by Crippen LogP contribution is -1.76. The molecule has 54 valence electrons. The Bertz CT molecular complexity index is 642. The summed E-state index contributed by atoms with van der Waals surface area (Å²) in [6, 6.07) is -1.94. The third-order valence-corrected chi connectivity index (χ3v) is 1.50. The standard InChI is InChI=1S/C9H6ClN/c10-9-8-4-2-1-3-7(8)5-6-11-9/h1-6H/i1D,2D,3D,4D,5D,6D. The lowest BCUT2D eigenvalue weighted by Gasteiger charge is -1.96. The molecular formula is C9H6ClN. The molecule has 11 heavy (non-hydrogen) atoms. The first-order valence-electron chi connectivity index (χ1n) is 5.89. The fourth-order valence-corrected chi connectivity index (χ4v) is 0.934. The first-order valence-corrected chi connectivity index (χ1v) is 3.26. The van der Waals surface area contributed by atoms with Gasteiger partial charge in [0.1, 0.15) is 5.15 Å². The number of hydrogen-bond acceptors (Lipinski definition) is 1. The molecule has 0 atom stereocenters. The number of benzene rings is 1. The number of nitrogens with zero attached hydrogens (tertiary/aromatic N) is 1.